The van der Waals surface area contributed by atoms with Gasteiger partial charge in [0.15, 0.2) is 5.96 Å². The number of nitrogens with one attached hydrogen (secondary N) is 2. The van der Waals surface area contributed by atoms with Crippen molar-refractivity contribution < 1.29 is 0 Å². The second-order valence-electron chi connectivity index (χ2n) is 4.58. The fraction of sp³-hybridized carbons (Fsp3) is 0.400. The lowest BCUT2D eigenvalue weighted by atomic mass is 10.4. The number of thioether (sulfide) groups is 1. The molecule has 1 aromatic rings. The number of aliphatic imine (C=N–C) groups is 1. The summed E-state index contributed by atoms with van der Waals surface area (Å²) in [5.74, 6) is 3.32. The Kier molecular flexibility index (Phi) is 4.75. The van der Waals surface area contributed by atoms with Crippen LogP contribution in [0, 0.1) is 12.3 Å². The fourth-order valence-corrected chi connectivity index (χ4v) is 3.04. The minimum absolute atomic E-state index is 0.315. The highest BCUT2D eigenvalue weighted by atomic mass is 32.2. The highest BCUT2D eigenvalue weighted by molar-refractivity contribution is 8.01. The highest BCUT2D eigenvalue weighted by Gasteiger charge is 2.43. The van der Waals surface area contributed by atoms with Crippen molar-refractivity contribution in [2.75, 3.05) is 20.1 Å². The Labute approximate surface area is 119 Å². The summed E-state index contributed by atoms with van der Waals surface area (Å²) in [6.45, 7) is 1.41. The molecule has 2 N–H and O–H groups in total. The van der Waals surface area contributed by atoms with Crippen molar-refractivity contribution in [3.8, 4) is 12.3 Å². The molecule has 1 fully saturated rings. The van der Waals surface area contributed by atoms with E-state index in [0.29, 0.717) is 11.3 Å². The number of terminal acetylenes is 1. The third-order valence-corrected chi connectivity index (χ3v) is 4.54. The normalized spacial score (nSPS) is 16.5. The molecule has 0 aromatic heterocycles. The van der Waals surface area contributed by atoms with Crippen LogP contribution >= 0.6 is 11.8 Å². The molecule has 0 unspecified atom stereocenters. The van der Waals surface area contributed by atoms with Crippen molar-refractivity contribution in [2.24, 2.45) is 4.99 Å². The zero-order chi connectivity index (χ0) is 13.6. The molecular weight excluding hydrogens is 254 g/mol. The van der Waals surface area contributed by atoms with Crippen LogP contribution in [0.25, 0.3) is 0 Å². The van der Waals surface area contributed by atoms with E-state index in [1.807, 2.05) is 17.8 Å². The summed E-state index contributed by atoms with van der Waals surface area (Å²) in [7, 11) is 1.76. The van der Waals surface area contributed by atoms with E-state index < -0.39 is 0 Å². The molecule has 100 valence electrons. The zero-order valence-corrected chi connectivity index (χ0v) is 12.0. The molecule has 0 amide bonds. The van der Waals surface area contributed by atoms with Gasteiger partial charge in [0.2, 0.25) is 0 Å². The van der Waals surface area contributed by atoms with Gasteiger partial charge in [-0.1, -0.05) is 24.1 Å². The summed E-state index contributed by atoms with van der Waals surface area (Å²) < 4.78 is 0.315. The maximum atomic E-state index is 5.23. The first-order valence-electron chi connectivity index (χ1n) is 6.40. The summed E-state index contributed by atoms with van der Waals surface area (Å²) in [6.07, 6.45) is 7.71. The van der Waals surface area contributed by atoms with Crippen molar-refractivity contribution >= 4 is 17.7 Å². The summed E-state index contributed by atoms with van der Waals surface area (Å²) >= 11 is 1.95. The standard InChI is InChI=1S/C15H19N3S/c1-3-11-17-14(16-2)18-12-15(9-10-15)19-13-7-5-4-6-8-13/h1,4-8H,9-12H2,2H3,(H2,16,17,18). The van der Waals surface area contributed by atoms with E-state index in [1.54, 1.807) is 7.05 Å². The van der Waals surface area contributed by atoms with Gasteiger partial charge in [-0.3, -0.25) is 4.99 Å². The molecular formula is C15H19N3S. The van der Waals surface area contributed by atoms with Crippen LogP contribution in [0.2, 0.25) is 0 Å². The van der Waals surface area contributed by atoms with Crippen LogP contribution in [0.3, 0.4) is 0 Å². The smallest absolute Gasteiger partial charge is 0.191 e. The maximum absolute atomic E-state index is 5.23. The van der Waals surface area contributed by atoms with E-state index in [2.05, 4.69) is 45.8 Å². The zero-order valence-electron chi connectivity index (χ0n) is 11.1. The Morgan fingerprint density at radius 1 is 1.37 bits per heavy atom. The van der Waals surface area contributed by atoms with Crippen LogP contribution in [-0.4, -0.2) is 30.8 Å². The lowest BCUT2D eigenvalue weighted by Crippen LogP contribution is -2.41. The quantitative estimate of drug-likeness (QED) is 0.490. The monoisotopic (exact) mass is 273 g/mol. The average Bonchev–Trinajstić information content (AvgIpc) is 3.20. The number of benzene rings is 1. The predicted molar refractivity (Wildman–Crippen MR) is 82.5 cm³/mol. The molecule has 1 saturated carbocycles. The number of rotatable bonds is 5. The summed E-state index contributed by atoms with van der Waals surface area (Å²) in [5.41, 5.74) is 0. The van der Waals surface area contributed by atoms with E-state index in [9.17, 15) is 0 Å². The first-order valence-corrected chi connectivity index (χ1v) is 7.22. The molecule has 1 aliphatic carbocycles. The molecule has 0 radical (unpaired) electrons. The van der Waals surface area contributed by atoms with E-state index in [-0.39, 0.29) is 0 Å². The Morgan fingerprint density at radius 3 is 2.68 bits per heavy atom. The molecule has 0 aliphatic heterocycles. The van der Waals surface area contributed by atoms with E-state index in [0.717, 1.165) is 12.5 Å². The van der Waals surface area contributed by atoms with Crippen molar-refractivity contribution in [3.63, 3.8) is 0 Å². The van der Waals surface area contributed by atoms with E-state index in [1.165, 1.54) is 17.7 Å². The minimum atomic E-state index is 0.315. The van der Waals surface area contributed by atoms with Crippen molar-refractivity contribution in [2.45, 2.75) is 22.5 Å². The van der Waals surface area contributed by atoms with Crippen LogP contribution < -0.4 is 10.6 Å². The van der Waals surface area contributed by atoms with E-state index in [4.69, 9.17) is 6.42 Å². The van der Waals surface area contributed by atoms with Gasteiger partial charge in [-0.25, -0.2) is 0 Å². The number of hydrogen-bond acceptors (Lipinski definition) is 2. The molecule has 19 heavy (non-hydrogen) atoms. The highest BCUT2D eigenvalue weighted by Crippen LogP contribution is 2.51. The molecule has 1 aromatic carbocycles. The third kappa shape index (κ3) is 4.22. The molecule has 0 saturated heterocycles. The summed E-state index contributed by atoms with van der Waals surface area (Å²) in [5, 5.41) is 6.43. The topological polar surface area (TPSA) is 36.4 Å². The number of hydrogen-bond donors (Lipinski definition) is 2. The Hall–Kier alpha value is -1.60. The number of nitrogens with zero attached hydrogens (tertiary/aromatic N) is 1. The van der Waals surface area contributed by atoms with Gasteiger partial charge < -0.3 is 10.6 Å². The van der Waals surface area contributed by atoms with Gasteiger partial charge >= 0.3 is 0 Å². The first-order chi connectivity index (χ1) is 9.28. The third-order valence-electron chi connectivity index (χ3n) is 3.04. The molecule has 0 atom stereocenters. The fourth-order valence-electron chi connectivity index (χ4n) is 1.79. The SMILES string of the molecule is C#CCNC(=NC)NCC1(Sc2ccccc2)CC1. The predicted octanol–water partition coefficient (Wildman–Crippen LogP) is 2.11. The second kappa shape index (κ2) is 6.53. The van der Waals surface area contributed by atoms with Gasteiger partial charge in [-0.05, 0) is 25.0 Å². The van der Waals surface area contributed by atoms with Crippen molar-refractivity contribution in [1.82, 2.24) is 10.6 Å². The van der Waals surface area contributed by atoms with Gasteiger partial charge in [0, 0.05) is 23.2 Å². The molecule has 0 bridgehead atoms. The number of guanidine groups is 1. The van der Waals surface area contributed by atoms with Gasteiger partial charge in [-0.2, -0.15) is 0 Å². The van der Waals surface area contributed by atoms with Crippen LogP contribution in [0.5, 0.6) is 0 Å². The van der Waals surface area contributed by atoms with Crippen LogP contribution in [0.4, 0.5) is 0 Å². The molecule has 0 spiro atoms. The summed E-state index contributed by atoms with van der Waals surface area (Å²) in [6, 6.07) is 10.5. The Morgan fingerprint density at radius 2 is 2.11 bits per heavy atom. The minimum Gasteiger partial charge on any atom is -0.355 e. The van der Waals surface area contributed by atoms with E-state index >= 15 is 0 Å². The maximum Gasteiger partial charge on any atom is 0.191 e. The first kappa shape index (κ1) is 13.8. The lowest BCUT2D eigenvalue weighted by Gasteiger charge is -2.17. The average molecular weight is 273 g/mol. The van der Waals surface area contributed by atoms with Gasteiger partial charge in [0.1, 0.15) is 0 Å². The van der Waals surface area contributed by atoms with Gasteiger partial charge in [0.25, 0.3) is 0 Å². The second-order valence-corrected chi connectivity index (χ2v) is 6.12. The molecule has 3 nitrogen and oxygen atoms in total. The Bertz CT molecular complexity index is 472. The van der Waals surface area contributed by atoms with Crippen LogP contribution in [0.15, 0.2) is 40.2 Å². The molecule has 1 aliphatic rings. The van der Waals surface area contributed by atoms with Crippen molar-refractivity contribution in [1.29, 1.82) is 0 Å². The largest absolute Gasteiger partial charge is 0.355 e. The molecule has 2 rings (SSSR count). The summed E-state index contributed by atoms with van der Waals surface area (Å²) in [4.78, 5) is 5.48. The van der Waals surface area contributed by atoms with Crippen molar-refractivity contribution in [3.05, 3.63) is 30.3 Å². The van der Waals surface area contributed by atoms with Gasteiger partial charge in [0.05, 0.1) is 6.54 Å². The van der Waals surface area contributed by atoms with Crippen LogP contribution in [0.1, 0.15) is 12.8 Å². The molecule has 0 heterocycles. The lowest BCUT2D eigenvalue weighted by molar-refractivity contribution is 0.785. The Balaban J connectivity index is 1.84. The van der Waals surface area contributed by atoms with Gasteiger partial charge in [-0.15, -0.1) is 18.2 Å². The van der Waals surface area contributed by atoms with Crippen LogP contribution in [-0.2, 0) is 0 Å². The molecule has 4 heteroatoms.